The summed E-state index contributed by atoms with van der Waals surface area (Å²) < 4.78 is 27.2. The number of rotatable bonds is 2. The van der Waals surface area contributed by atoms with Crippen molar-refractivity contribution in [3.8, 4) is 0 Å². The highest BCUT2D eigenvalue weighted by Gasteiger charge is 2.19. The number of hydrogen-bond donors (Lipinski definition) is 1. The minimum atomic E-state index is -0.661. The summed E-state index contributed by atoms with van der Waals surface area (Å²) in [5, 5.41) is 0. The molecule has 0 aliphatic heterocycles. The lowest BCUT2D eigenvalue weighted by Crippen LogP contribution is -2.28. The summed E-state index contributed by atoms with van der Waals surface area (Å²) in [5.41, 5.74) is -0.0466. The Morgan fingerprint density at radius 2 is 1.79 bits per heavy atom. The van der Waals surface area contributed by atoms with E-state index in [2.05, 4.69) is 12.6 Å². The van der Waals surface area contributed by atoms with Crippen LogP contribution in [0.2, 0.25) is 0 Å². The molecular formula is C14H11F2NOS. The van der Waals surface area contributed by atoms with Crippen molar-refractivity contribution >= 4 is 24.2 Å². The molecule has 0 heterocycles. The second-order valence-corrected chi connectivity index (χ2v) is 4.50. The van der Waals surface area contributed by atoms with E-state index in [1.54, 1.807) is 6.07 Å². The second kappa shape index (κ2) is 5.40. The smallest absolute Gasteiger partial charge is 0.261 e. The first-order chi connectivity index (χ1) is 9.00. The zero-order chi connectivity index (χ0) is 14.0. The molecule has 0 aliphatic carbocycles. The van der Waals surface area contributed by atoms with E-state index in [0.29, 0.717) is 4.90 Å². The minimum absolute atomic E-state index is 0.0940. The third kappa shape index (κ3) is 2.76. The molecule has 2 rings (SSSR count). The van der Waals surface area contributed by atoms with Crippen molar-refractivity contribution in [2.45, 2.75) is 4.90 Å². The molecule has 0 unspecified atom stereocenters. The van der Waals surface area contributed by atoms with Crippen molar-refractivity contribution < 1.29 is 13.6 Å². The number of anilines is 1. The van der Waals surface area contributed by atoms with Crippen molar-refractivity contribution in [2.24, 2.45) is 0 Å². The molecule has 0 bridgehead atoms. The number of halogens is 2. The fourth-order valence-corrected chi connectivity index (χ4v) is 1.89. The summed E-state index contributed by atoms with van der Waals surface area (Å²) in [7, 11) is 1.39. The van der Waals surface area contributed by atoms with Gasteiger partial charge in [0.2, 0.25) is 0 Å². The lowest BCUT2D eigenvalue weighted by Gasteiger charge is -2.18. The number of carbonyl (C=O) groups is 1. The summed E-state index contributed by atoms with van der Waals surface area (Å²) in [5.74, 6) is -1.83. The fourth-order valence-electron chi connectivity index (χ4n) is 1.69. The maximum Gasteiger partial charge on any atom is 0.261 e. The Morgan fingerprint density at radius 1 is 1.11 bits per heavy atom. The minimum Gasteiger partial charge on any atom is -0.309 e. The van der Waals surface area contributed by atoms with Crippen LogP contribution in [-0.2, 0) is 0 Å². The first-order valence-electron chi connectivity index (χ1n) is 5.52. The van der Waals surface area contributed by atoms with Gasteiger partial charge >= 0.3 is 0 Å². The molecule has 0 N–H and O–H groups in total. The van der Waals surface area contributed by atoms with Crippen molar-refractivity contribution in [3.63, 3.8) is 0 Å². The predicted molar refractivity (Wildman–Crippen MR) is 72.8 cm³/mol. The molecule has 2 nitrogen and oxygen atoms in total. The van der Waals surface area contributed by atoms with Gasteiger partial charge in [0.25, 0.3) is 5.91 Å². The molecule has 0 aliphatic rings. The standard InChI is InChI=1S/C14H11F2NOS/c1-17(13-5-3-2-4-12(13)16)14(18)10-8-9(19)6-7-11(10)15/h2-8,19H,1H3. The Labute approximate surface area is 115 Å². The van der Waals surface area contributed by atoms with Gasteiger partial charge in [-0.1, -0.05) is 12.1 Å². The van der Waals surface area contributed by atoms with Crippen LogP contribution in [0.4, 0.5) is 14.5 Å². The van der Waals surface area contributed by atoms with Gasteiger partial charge in [-0.15, -0.1) is 12.6 Å². The van der Waals surface area contributed by atoms with Crippen LogP contribution in [0, 0.1) is 11.6 Å². The highest BCUT2D eigenvalue weighted by Crippen LogP contribution is 2.21. The zero-order valence-corrected chi connectivity index (χ0v) is 11.0. The van der Waals surface area contributed by atoms with Crippen molar-refractivity contribution in [3.05, 3.63) is 59.7 Å². The van der Waals surface area contributed by atoms with Crippen LogP contribution < -0.4 is 4.90 Å². The molecule has 0 fully saturated rings. The van der Waals surface area contributed by atoms with Gasteiger partial charge in [-0.2, -0.15) is 0 Å². The molecule has 0 atom stereocenters. The van der Waals surface area contributed by atoms with Crippen molar-refractivity contribution in [1.82, 2.24) is 0 Å². The molecule has 0 aromatic heterocycles. The molecule has 19 heavy (non-hydrogen) atoms. The van der Waals surface area contributed by atoms with Gasteiger partial charge in [-0.25, -0.2) is 8.78 Å². The number of para-hydroxylation sites is 1. The van der Waals surface area contributed by atoms with E-state index in [1.165, 1.54) is 37.4 Å². The Kier molecular flexibility index (Phi) is 3.85. The Morgan fingerprint density at radius 3 is 2.47 bits per heavy atom. The number of hydrogen-bond acceptors (Lipinski definition) is 2. The van der Waals surface area contributed by atoms with Crippen molar-refractivity contribution in [2.75, 3.05) is 11.9 Å². The van der Waals surface area contributed by atoms with Crippen LogP contribution in [0.15, 0.2) is 47.4 Å². The Bertz CT molecular complexity index is 631. The van der Waals surface area contributed by atoms with E-state index < -0.39 is 17.5 Å². The summed E-state index contributed by atoms with van der Waals surface area (Å²) in [6, 6.07) is 9.74. The molecule has 98 valence electrons. The molecule has 0 saturated carbocycles. The fraction of sp³-hybridized carbons (Fsp3) is 0.0714. The number of thiol groups is 1. The SMILES string of the molecule is CN(C(=O)c1cc(S)ccc1F)c1ccccc1F. The molecule has 2 aromatic carbocycles. The topological polar surface area (TPSA) is 20.3 Å². The van der Waals surface area contributed by atoms with Gasteiger partial charge in [0.05, 0.1) is 11.3 Å². The molecule has 0 spiro atoms. The average molecular weight is 279 g/mol. The molecule has 0 radical (unpaired) electrons. The molecular weight excluding hydrogens is 268 g/mol. The van der Waals surface area contributed by atoms with Crippen LogP contribution in [0.1, 0.15) is 10.4 Å². The lowest BCUT2D eigenvalue weighted by molar-refractivity contribution is 0.0988. The van der Waals surface area contributed by atoms with Gasteiger partial charge < -0.3 is 4.90 Å². The van der Waals surface area contributed by atoms with E-state index in [9.17, 15) is 13.6 Å². The third-order valence-corrected chi connectivity index (χ3v) is 2.98. The van der Waals surface area contributed by atoms with Crippen LogP contribution in [0.5, 0.6) is 0 Å². The number of benzene rings is 2. The maximum atomic E-state index is 13.6. The zero-order valence-electron chi connectivity index (χ0n) is 10.1. The summed E-state index contributed by atoms with van der Waals surface area (Å²) >= 11 is 4.06. The van der Waals surface area contributed by atoms with Crippen molar-refractivity contribution in [1.29, 1.82) is 0 Å². The quantitative estimate of drug-likeness (QED) is 0.834. The maximum absolute atomic E-state index is 13.6. The second-order valence-electron chi connectivity index (χ2n) is 3.98. The van der Waals surface area contributed by atoms with Crippen LogP contribution in [0.3, 0.4) is 0 Å². The molecule has 0 saturated heterocycles. The normalized spacial score (nSPS) is 10.3. The number of carbonyl (C=O) groups excluding carboxylic acids is 1. The first-order valence-corrected chi connectivity index (χ1v) is 5.96. The van der Waals surface area contributed by atoms with Crippen LogP contribution in [-0.4, -0.2) is 13.0 Å². The largest absolute Gasteiger partial charge is 0.309 e. The van der Waals surface area contributed by atoms with E-state index in [1.807, 2.05) is 0 Å². The van der Waals surface area contributed by atoms with Crippen LogP contribution >= 0.6 is 12.6 Å². The van der Waals surface area contributed by atoms with Gasteiger partial charge in [-0.3, -0.25) is 4.79 Å². The Hall–Kier alpha value is -1.88. The third-order valence-electron chi connectivity index (χ3n) is 2.70. The van der Waals surface area contributed by atoms with Gasteiger partial charge in [0.15, 0.2) is 0 Å². The monoisotopic (exact) mass is 279 g/mol. The van der Waals surface area contributed by atoms with Crippen LogP contribution in [0.25, 0.3) is 0 Å². The first kappa shape index (κ1) is 13.5. The van der Waals surface area contributed by atoms with Gasteiger partial charge in [0, 0.05) is 11.9 Å². The molecule has 1 amide bonds. The van der Waals surface area contributed by atoms with Gasteiger partial charge in [0.1, 0.15) is 11.6 Å². The van der Waals surface area contributed by atoms with E-state index in [4.69, 9.17) is 0 Å². The number of amides is 1. The van der Waals surface area contributed by atoms with E-state index in [-0.39, 0.29) is 11.3 Å². The highest BCUT2D eigenvalue weighted by atomic mass is 32.1. The number of nitrogens with zero attached hydrogens (tertiary/aromatic N) is 1. The molecule has 5 heteroatoms. The lowest BCUT2D eigenvalue weighted by atomic mass is 10.1. The van der Waals surface area contributed by atoms with Gasteiger partial charge in [-0.05, 0) is 30.3 Å². The van der Waals surface area contributed by atoms with E-state index in [0.717, 1.165) is 11.0 Å². The Balaban J connectivity index is 2.39. The summed E-state index contributed by atoms with van der Waals surface area (Å²) in [4.78, 5) is 13.7. The van der Waals surface area contributed by atoms with E-state index >= 15 is 0 Å². The summed E-state index contributed by atoms with van der Waals surface area (Å²) in [6.45, 7) is 0. The summed E-state index contributed by atoms with van der Waals surface area (Å²) in [6.07, 6.45) is 0. The predicted octanol–water partition coefficient (Wildman–Crippen LogP) is 3.53. The molecule has 2 aromatic rings. The average Bonchev–Trinajstić information content (AvgIpc) is 2.40. The highest BCUT2D eigenvalue weighted by molar-refractivity contribution is 7.80.